The highest BCUT2D eigenvalue weighted by Gasteiger charge is 2.35. The van der Waals surface area contributed by atoms with Crippen molar-refractivity contribution in [2.75, 3.05) is 6.54 Å². The second kappa shape index (κ2) is 7.22. The van der Waals surface area contributed by atoms with Gasteiger partial charge in [0.2, 0.25) is 11.7 Å². The minimum Gasteiger partial charge on any atom is -0.337 e. The van der Waals surface area contributed by atoms with Gasteiger partial charge in [0.05, 0.1) is 0 Å². The van der Waals surface area contributed by atoms with Crippen molar-refractivity contribution in [2.24, 2.45) is 0 Å². The summed E-state index contributed by atoms with van der Waals surface area (Å²) in [4.78, 5) is 31.9. The SMILES string of the molecule is CC(C)c1nccc(C(=O)N2CCC[C@H]2c2nc(-c3ccncc3)no2)n1. The topological polar surface area (TPSA) is 97.9 Å². The van der Waals surface area contributed by atoms with Crippen LogP contribution in [0.4, 0.5) is 0 Å². The van der Waals surface area contributed by atoms with E-state index in [2.05, 4.69) is 25.1 Å². The Morgan fingerprint density at radius 2 is 2.00 bits per heavy atom. The van der Waals surface area contributed by atoms with Crippen LogP contribution in [-0.2, 0) is 0 Å². The largest absolute Gasteiger partial charge is 0.337 e. The maximum atomic E-state index is 13.0. The number of aromatic nitrogens is 5. The summed E-state index contributed by atoms with van der Waals surface area (Å²) in [6.45, 7) is 4.64. The van der Waals surface area contributed by atoms with E-state index in [0.29, 0.717) is 29.8 Å². The first-order valence-electron chi connectivity index (χ1n) is 9.01. The minimum absolute atomic E-state index is 0.134. The van der Waals surface area contributed by atoms with E-state index in [1.54, 1.807) is 29.6 Å². The van der Waals surface area contributed by atoms with Crippen molar-refractivity contribution in [3.8, 4) is 11.4 Å². The highest BCUT2D eigenvalue weighted by atomic mass is 16.5. The number of carbonyl (C=O) groups is 1. The zero-order valence-corrected chi connectivity index (χ0v) is 15.2. The van der Waals surface area contributed by atoms with Crippen molar-refractivity contribution < 1.29 is 9.32 Å². The van der Waals surface area contributed by atoms with Crippen LogP contribution in [0, 0.1) is 0 Å². The average Bonchev–Trinajstić information content (AvgIpc) is 3.37. The predicted molar refractivity (Wildman–Crippen MR) is 96.7 cm³/mol. The van der Waals surface area contributed by atoms with Gasteiger partial charge in [0.25, 0.3) is 5.91 Å². The van der Waals surface area contributed by atoms with Crippen LogP contribution >= 0.6 is 0 Å². The third-order valence-electron chi connectivity index (χ3n) is 4.59. The Kier molecular flexibility index (Phi) is 4.62. The monoisotopic (exact) mass is 364 g/mol. The number of carbonyl (C=O) groups excluding carboxylic acids is 1. The fraction of sp³-hybridized carbons (Fsp3) is 0.368. The lowest BCUT2D eigenvalue weighted by molar-refractivity contribution is 0.0703. The first-order chi connectivity index (χ1) is 13.1. The third kappa shape index (κ3) is 3.42. The van der Waals surface area contributed by atoms with Gasteiger partial charge in [0.1, 0.15) is 17.6 Å². The van der Waals surface area contributed by atoms with Crippen LogP contribution in [0.5, 0.6) is 0 Å². The molecule has 0 saturated carbocycles. The summed E-state index contributed by atoms with van der Waals surface area (Å²) in [7, 11) is 0. The van der Waals surface area contributed by atoms with Gasteiger partial charge in [-0.2, -0.15) is 4.98 Å². The molecule has 0 N–H and O–H groups in total. The molecular formula is C19H20N6O2. The number of hydrogen-bond donors (Lipinski definition) is 0. The standard InChI is InChI=1S/C19H20N6O2/c1-12(2)16-21-10-7-14(22-16)19(26)25-11-3-4-15(25)18-23-17(24-27-18)13-5-8-20-9-6-13/h5-10,12,15H,3-4,11H2,1-2H3/t15-/m0/s1. The summed E-state index contributed by atoms with van der Waals surface area (Å²) in [6, 6.07) is 5.05. The smallest absolute Gasteiger partial charge is 0.273 e. The van der Waals surface area contributed by atoms with E-state index in [1.165, 1.54) is 0 Å². The highest BCUT2D eigenvalue weighted by Crippen LogP contribution is 2.33. The molecule has 8 nitrogen and oxygen atoms in total. The van der Waals surface area contributed by atoms with E-state index in [-0.39, 0.29) is 17.9 Å². The molecule has 3 aromatic rings. The molecule has 0 aliphatic carbocycles. The lowest BCUT2D eigenvalue weighted by Crippen LogP contribution is -2.31. The molecule has 1 aliphatic rings. The number of hydrogen-bond acceptors (Lipinski definition) is 7. The molecule has 4 heterocycles. The molecule has 1 atom stereocenters. The van der Waals surface area contributed by atoms with Gasteiger partial charge in [-0.3, -0.25) is 9.78 Å². The number of amides is 1. The fourth-order valence-corrected chi connectivity index (χ4v) is 3.17. The predicted octanol–water partition coefficient (Wildman–Crippen LogP) is 3.02. The van der Waals surface area contributed by atoms with Gasteiger partial charge in [-0.25, -0.2) is 9.97 Å². The summed E-state index contributed by atoms with van der Waals surface area (Å²) in [5, 5.41) is 4.06. The Bertz CT molecular complexity index is 940. The summed E-state index contributed by atoms with van der Waals surface area (Å²) < 4.78 is 5.47. The maximum absolute atomic E-state index is 13.0. The minimum atomic E-state index is -0.238. The zero-order valence-electron chi connectivity index (χ0n) is 15.2. The molecule has 0 unspecified atom stereocenters. The lowest BCUT2D eigenvalue weighted by atomic mass is 10.2. The van der Waals surface area contributed by atoms with Gasteiger partial charge in [0.15, 0.2) is 0 Å². The van der Waals surface area contributed by atoms with E-state index >= 15 is 0 Å². The maximum Gasteiger partial charge on any atom is 0.273 e. The third-order valence-corrected chi connectivity index (χ3v) is 4.59. The van der Waals surface area contributed by atoms with Gasteiger partial charge in [0, 0.05) is 36.6 Å². The van der Waals surface area contributed by atoms with E-state index in [4.69, 9.17) is 4.52 Å². The number of pyridine rings is 1. The van der Waals surface area contributed by atoms with Crippen molar-refractivity contribution in [2.45, 2.75) is 38.6 Å². The van der Waals surface area contributed by atoms with Gasteiger partial charge in [-0.15, -0.1) is 0 Å². The van der Waals surface area contributed by atoms with Crippen molar-refractivity contribution >= 4 is 5.91 Å². The van der Waals surface area contributed by atoms with Crippen LogP contribution in [0.3, 0.4) is 0 Å². The number of likely N-dealkylation sites (tertiary alicyclic amines) is 1. The lowest BCUT2D eigenvalue weighted by Gasteiger charge is -2.21. The second-order valence-corrected chi connectivity index (χ2v) is 6.80. The summed E-state index contributed by atoms with van der Waals surface area (Å²) in [5.41, 5.74) is 1.22. The van der Waals surface area contributed by atoms with E-state index in [1.807, 2.05) is 26.0 Å². The molecule has 3 aromatic heterocycles. The van der Waals surface area contributed by atoms with Crippen LogP contribution in [-0.4, -0.2) is 42.4 Å². The quantitative estimate of drug-likeness (QED) is 0.702. The Morgan fingerprint density at radius 1 is 1.19 bits per heavy atom. The summed E-state index contributed by atoms with van der Waals surface area (Å²) >= 11 is 0. The Balaban J connectivity index is 1.58. The summed E-state index contributed by atoms with van der Waals surface area (Å²) in [6.07, 6.45) is 6.66. The van der Waals surface area contributed by atoms with Crippen molar-refractivity contribution in [1.29, 1.82) is 0 Å². The number of rotatable bonds is 4. The van der Waals surface area contributed by atoms with Crippen molar-refractivity contribution in [3.05, 3.63) is 54.2 Å². The molecule has 0 aromatic carbocycles. The molecule has 1 saturated heterocycles. The first kappa shape index (κ1) is 17.3. The Hall–Kier alpha value is -3.16. The van der Waals surface area contributed by atoms with Crippen molar-refractivity contribution in [3.63, 3.8) is 0 Å². The first-order valence-corrected chi connectivity index (χ1v) is 9.01. The molecule has 0 radical (unpaired) electrons. The second-order valence-electron chi connectivity index (χ2n) is 6.80. The Morgan fingerprint density at radius 3 is 2.78 bits per heavy atom. The van der Waals surface area contributed by atoms with Gasteiger partial charge in [-0.1, -0.05) is 19.0 Å². The highest BCUT2D eigenvalue weighted by molar-refractivity contribution is 5.92. The molecule has 1 fully saturated rings. The molecule has 138 valence electrons. The van der Waals surface area contributed by atoms with Crippen molar-refractivity contribution in [1.82, 2.24) is 30.0 Å². The van der Waals surface area contributed by atoms with Crippen LogP contribution in [0.15, 0.2) is 41.3 Å². The normalized spacial score (nSPS) is 16.9. The zero-order chi connectivity index (χ0) is 18.8. The molecule has 0 spiro atoms. The summed E-state index contributed by atoms with van der Waals surface area (Å²) in [5.74, 6) is 1.63. The number of nitrogens with zero attached hydrogens (tertiary/aromatic N) is 6. The molecule has 1 aliphatic heterocycles. The molecule has 1 amide bonds. The van der Waals surface area contributed by atoms with Crippen LogP contribution < -0.4 is 0 Å². The Labute approximate surface area is 156 Å². The van der Waals surface area contributed by atoms with E-state index in [0.717, 1.165) is 18.4 Å². The van der Waals surface area contributed by atoms with Gasteiger partial charge in [-0.05, 0) is 31.0 Å². The van der Waals surface area contributed by atoms with E-state index in [9.17, 15) is 4.79 Å². The van der Waals surface area contributed by atoms with Crippen LogP contribution in [0.25, 0.3) is 11.4 Å². The average molecular weight is 364 g/mol. The molecular weight excluding hydrogens is 344 g/mol. The van der Waals surface area contributed by atoms with Crippen LogP contribution in [0.2, 0.25) is 0 Å². The molecule has 27 heavy (non-hydrogen) atoms. The van der Waals surface area contributed by atoms with E-state index < -0.39 is 0 Å². The molecule has 4 rings (SSSR count). The van der Waals surface area contributed by atoms with Crippen LogP contribution in [0.1, 0.15) is 60.9 Å². The molecule has 0 bridgehead atoms. The molecule has 8 heteroatoms. The fourth-order valence-electron chi connectivity index (χ4n) is 3.17. The van der Waals surface area contributed by atoms with Gasteiger partial charge >= 0.3 is 0 Å². The van der Waals surface area contributed by atoms with Gasteiger partial charge < -0.3 is 9.42 Å².